The van der Waals surface area contributed by atoms with Gasteiger partial charge in [-0.1, -0.05) is 0 Å². The highest BCUT2D eigenvalue weighted by atomic mass is 16.3. The molecule has 4 aromatic rings. The molecule has 30 heavy (non-hydrogen) atoms. The number of hydrogen-bond donors (Lipinski definition) is 4. The average Bonchev–Trinajstić information content (AvgIpc) is 3.21. The monoisotopic (exact) mass is 398 g/mol. The zero-order chi connectivity index (χ0) is 20.7. The highest BCUT2D eigenvalue weighted by Crippen LogP contribution is 2.31. The minimum absolute atomic E-state index is 0.625. The van der Waals surface area contributed by atoms with E-state index >= 15 is 0 Å². The zero-order valence-corrected chi connectivity index (χ0v) is 16.8. The van der Waals surface area contributed by atoms with E-state index in [2.05, 4.69) is 31.9 Å². The van der Waals surface area contributed by atoms with Crippen LogP contribution in [-0.2, 0) is 12.1 Å². The fourth-order valence-corrected chi connectivity index (χ4v) is 3.55. The third-order valence-electron chi connectivity index (χ3n) is 5.21. The van der Waals surface area contributed by atoms with Gasteiger partial charge in [0.15, 0.2) is 0 Å². The van der Waals surface area contributed by atoms with Gasteiger partial charge >= 0.3 is 0 Å². The standard InChI is InChI=1S/C23H22N6O/c1-23(2,30)21-6-3-15(11-25-21)20-10-14-7-8-24-13-18(14)22(28-20)27-17-4-5-19-16(9-17)12-26-29-19/h3-12,24,30H,13H2,1-2H3,(H,26,29)(H,27,28). The number of aromatic nitrogens is 4. The van der Waals surface area contributed by atoms with Crippen molar-refractivity contribution in [2.24, 2.45) is 0 Å². The Bertz CT molecular complexity index is 1250. The molecule has 0 radical (unpaired) electrons. The van der Waals surface area contributed by atoms with Crippen molar-refractivity contribution in [3.05, 3.63) is 71.8 Å². The van der Waals surface area contributed by atoms with Gasteiger partial charge in [0.05, 0.1) is 23.1 Å². The number of fused-ring (bicyclic) bond motifs is 2. The Morgan fingerprint density at radius 1 is 1.10 bits per heavy atom. The second kappa shape index (κ2) is 6.96. The summed E-state index contributed by atoms with van der Waals surface area (Å²) >= 11 is 0. The van der Waals surface area contributed by atoms with Gasteiger partial charge in [-0.2, -0.15) is 5.10 Å². The summed E-state index contributed by atoms with van der Waals surface area (Å²) in [6, 6.07) is 11.9. The van der Waals surface area contributed by atoms with Gasteiger partial charge in [0, 0.05) is 34.9 Å². The fraction of sp³-hybridized carbons (Fsp3) is 0.174. The molecular formula is C23H22N6O. The number of aliphatic hydroxyl groups is 1. The van der Waals surface area contributed by atoms with Crippen LogP contribution in [0.25, 0.3) is 28.2 Å². The van der Waals surface area contributed by atoms with Gasteiger partial charge in [-0.3, -0.25) is 10.1 Å². The van der Waals surface area contributed by atoms with Gasteiger partial charge in [0.1, 0.15) is 11.4 Å². The number of benzene rings is 1. The molecule has 0 amide bonds. The van der Waals surface area contributed by atoms with E-state index in [9.17, 15) is 5.11 Å². The largest absolute Gasteiger partial charge is 0.387 e. The molecule has 7 heteroatoms. The van der Waals surface area contributed by atoms with Gasteiger partial charge in [-0.15, -0.1) is 0 Å². The molecule has 7 nitrogen and oxygen atoms in total. The average molecular weight is 398 g/mol. The first-order valence-electron chi connectivity index (χ1n) is 9.81. The molecule has 3 aromatic heterocycles. The van der Waals surface area contributed by atoms with Crippen LogP contribution in [0.3, 0.4) is 0 Å². The minimum Gasteiger partial charge on any atom is -0.387 e. The lowest BCUT2D eigenvalue weighted by Gasteiger charge is -2.19. The summed E-state index contributed by atoms with van der Waals surface area (Å²) in [5.41, 5.74) is 5.52. The normalized spacial score (nSPS) is 13.2. The number of nitrogens with one attached hydrogen (secondary N) is 3. The predicted octanol–water partition coefficient (Wildman–Crippen LogP) is 4.06. The van der Waals surface area contributed by atoms with E-state index in [4.69, 9.17) is 4.98 Å². The Hall–Kier alpha value is -3.71. The van der Waals surface area contributed by atoms with Gasteiger partial charge < -0.3 is 15.7 Å². The molecule has 4 N–H and O–H groups in total. The summed E-state index contributed by atoms with van der Waals surface area (Å²) < 4.78 is 0. The van der Waals surface area contributed by atoms with Crippen molar-refractivity contribution < 1.29 is 5.11 Å². The van der Waals surface area contributed by atoms with Crippen LogP contribution in [0.1, 0.15) is 30.7 Å². The first kappa shape index (κ1) is 18.3. The van der Waals surface area contributed by atoms with Crippen LogP contribution < -0.4 is 10.6 Å². The highest BCUT2D eigenvalue weighted by Gasteiger charge is 2.19. The second-order valence-corrected chi connectivity index (χ2v) is 7.93. The Morgan fingerprint density at radius 3 is 2.80 bits per heavy atom. The molecule has 4 heterocycles. The van der Waals surface area contributed by atoms with Gasteiger partial charge in [0.25, 0.3) is 0 Å². The third-order valence-corrected chi connectivity index (χ3v) is 5.21. The summed E-state index contributed by atoms with van der Waals surface area (Å²) in [5.74, 6) is 0.800. The summed E-state index contributed by atoms with van der Waals surface area (Å²) in [5, 5.41) is 25.0. The maximum Gasteiger partial charge on any atom is 0.136 e. The SMILES string of the molecule is CC(C)(O)c1ccc(-c2cc3c(c(Nc4ccc5[nH]ncc5c4)n2)CNC=C3)cn1. The van der Waals surface area contributed by atoms with Crippen LogP contribution in [0.5, 0.6) is 0 Å². The lowest BCUT2D eigenvalue weighted by atomic mass is 10.0. The van der Waals surface area contributed by atoms with Crippen molar-refractivity contribution in [3.63, 3.8) is 0 Å². The molecule has 0 aliphatic carbocycles. The molecule has 1 aliphatic rings. The lowest BCUT2D eigenvalue weighted by Crippen LogP contribution is -2.17. The van der Waals surface area contributed by atoms with Gasteiger partial charge in [0.2, 0.25) is 0 Å². The van der Waals surface area contributed by atoms with E-state index in [1.807, 2.05) is 42.6 Å². The molecule has 1 aliphatic heterocycles. The molecule has 0 fully saturated rings. The van der Waals surface area contributed by atoms with Crippen molar-refractivity contribution in [2.75, 3.05) is 5.32 Å². The first-order valence-corrected chi connectivity index (χ1v) is 9.81. The maximum atomic E-state index is 10.2. The fourth-order valence-electron chi connectivity index (χ4n) is 3.55. The van der Waals surface area contributed by atoms with Crippen LogP contribution in [0.15, 0.2) is 55.0 Å². The second-order valence-electron chi connectivity index (χ2n) is 7.93. The Labute approximate surface area is 173 Å². The summed E-state index contributed by atoms with van der Waals surface area (Å²) in [6.45, 7) is 4.15. The third kappa shape index (κ3) is 3.40. The number of pyridine rings is 2. The van der Waals surface area contributed by atoms with E-state index < -0.39 is 5.60 Å². The molecule has 0 bridgehead atoms. The van der Waals surface area contributed by atoms with Crippen LogP contribution in [0.4, 0.5) is 11.5 Å². The van der Waals surface area contributed by atoms with E-state index in [0.29, 0.717) is 12.2 Å². The first-order chi connectivity index (χ1) is 14.5. The van der Waals surface area contributed by atoms with Gasteiger partial charge in [-0.05, 0) is 68.1 Å². The smallest absolute Gasteiger partial charge is 0.136 e. The molecule has 0 unspecified atom stereocenters. The van der Waals surface area contributed by atoms with Crippen LogP contribution >= 0.6 is 0 Å². The molecular weight excluding hydrogens is 376 g/mol. The Balaban J connectivity index is 1.56. The zero-order valence-electron chi connectivity index (χ0n) is 16.8. The highest BCUT2D eigenvalue weighted by molar-refractivity contribution is 5.83. The quantitative estimate of drug-likeness (QED) is 0.414. The molecule has 0 saturated carbocycles. The van der Waals surface area contributed by atoms with Crippen molar-refractivity contribution in [1.82, 2.24) is 25.5 Å². The molecule has 0 saturated heterocycles. The number of nitrogens with zero attached hydrogens (tertiary/aromatic N) is 3. The van der Waals surface area contributed by atoms with Crippen molar-refractivity contribution >= 4 is 28.5 Å². The summed E-state index contributed by atoms with van der Waals surface area (Å²) in [6.07, 6.45) is 7.56. The van der Waals surface area contributed by atoms with Crippen LogP contribution in [0.2, 0.25) is 0 Å². The van der Waals surface area contributed by atoms with Crippen molar-refractivity contribution in [1.29, 1.82) is 0 Å². The summed E-state index contributed by atoms with van der Waals surface area (Å²) in [4.78, 5) is 9.33. The van der Waals surface area contributed by atoms with E-state index in [1.54, 1.807) is 26.2 Å². The molecule has 150 valence electrons. The van der Waals surface area contributed by atoms with E-state index in [1.165, 1.54) is 0 Å². The lowest BCUT2D eigenvalue weighted by molar-refractivity contribution is 0.0739. The van der Waals surface area contributed by atoms with Gasteiger partial charge in [-0.25, -0.2) is 4.98 Å². The predicted molar refractivity (Wildman–Crippen MR) is 118 cm³/mol. The van der Waals surface area contributed by atoms with Crippen LogP contribution in [-0.4, -0.2) is 25.3 Å². The molecule has 0 spiro atoms. The summed E-state index contributed by atoms with van der Waals surface area (Å²) in [7, 11) is 0. The Morgan fingerprint density at radius 2 is 2.00 bits per heavy atom. The molecule has 0 atom stereocenters. The number of hydrogen-bond acceptors (Lipinski definition) is 6. The number of anilines is 2. The van der Waals surface area contributed by atoms with E-state index in [-0.39, 0.29) is 0 Å². The van der Waals surface area contributed by atoms with Crippen molar-refractivity contribution in [2.45, 2.75) is 26.0 Å². The molecule has 5 rings (SSSR count). The Kier molecular flexibility index (Phi) is 4.25. The number of aromatic amines is 1. The maximum absolute atomic E-state index is 10.2. The minimum atomic E-state index is -0.978. The number of H-pyrrole nitrogens is 1. The topological polar surface area (TPSA) is 98.8 Å². The van der Waals surface area contributed by atoms with Crippen LogP contribution in [0, 0.1) is 0 Å². The number of rotatable bonds is 4. The van der Waals surface area contributed by atoms with E-state index in [0.717, 1.165) is 44.8 Å². The van der Waals surface area contributed by atoms with Crippen molar-refractivity contribution in [3.8, 4) is 11.3 Å². The molecule has 1 aromatic carbocycles.